The molecule has 0 N–H and O–H groups in total. The van der Waals surface area contributed by atoms with Gasteiger partial charge in [-0.15, -0.1) is 6.58 Å². The van der Waals surface area contributed by atoms with E-state index in [-0.39, 0.29) is 17.5 Å². The van der Waals surface area contributed by atoms with Crippen molar-refractivity contribution >= 4 is 11.8 Å². The highest BCUT2D eigenvalue weighted by atomic mass is 16.5. The van der Waals surface area contributed by atoms with Crippen LogP contribution in [0.3, 0.4) is 0 Å². The number of hydrogen-bond donors (Lipinski definition) is 0. The molecule has 0 aromatic rings. The zero-order chi connectivity index (χ0) is 23.5. The van der Waals surface area contributed by atoms with E-state index in [2.05, 4.69) is 20.4 Å². The monoisotopic (exact) mass is 456 g/mol. The zero-order valence-electron chi connectivity index (χ0n) is 21.4. The second kappa shape index (κ2) is 10.6. The van der Waals surface area contributed by atoms with Crippen molar-refractivity contribution < 1.29 is 14.3 Å². The summed E-state index contributed by atoms with van der Waals surface area (Å²) < 4.78 is 6.17. The summed E-state index contributed by atoms with van der Waals surface area (Å²) in [6.45, 7) is 8.72. The first-order valence-electron chi connectivity index (χ1n) is 14.2. The third kappa shape index (κ3) is 5.13. The highest BCUT2D eigenvalue weighted by molar-refractivity contribution is 5.79. The van der Waals surface area contributed by atoms with Gasteiger partial charge in [0.05, 0.1) is 0 Å². The maximum Gasteiger partial charge on any atom is 0.306 e. The van der Waals surface area contributed by atoms with Gasteiger partial charge in [-0.2, -0.15) is 0 Å². The van der Waals surface area contributed by atoms with Gasteiger partial charge in [-0.25, -0.2) is 0 Å². The molecule has 3 nitrogen and oxygen atoms in total. The van der Waals surface area contributed by atoms with E-state index < -0.39 is 0 Å². The number of Topliss-reactive ketones (excluding diaryl/α,β-unsaturated/α-hetero) is 1. The van der Waals surface area contributed by atoms with Crippen LogP contribution in [-0.2, 0) is 14.3 Å². The lowest BCUT2D eigenvalue weighted by molar-refractivity contribution is -0.164. The van der Waals surface area contributed by atoms with E-state index in [9.17, 15) is 9.59 Å². The molecule has 0 amide bonds. The molecular formula is C30H48O3. The molecule has 186 valence electrons. The lowest BCUT2D eigenvalue weighted by Crippen LogP contribution is -2.54. The molecule has 0 bridgehead atoms. The summed E-state index contributed by atoms with van der Waals surface area (Å²) in [6, 6.07) is 0. The Hall–Kier alpha value is -1.12. The normalized spacial score (nSPS) is 39.9. The molecule has 4 saturated carbocycles. The van der Waals surface area contributed by atoms with Gasteiger partial charge in [-0.1, -0.05) is 45.6 Å². The molecule has 4 aliphatic rings. The molecule has 4 rings (SSSR count). The molecule has 0 radical (unpaired) electrons. The smallest absolute Gasteiger partial charge is 0.306 e. The fourth-order valence-corrected chi connectivity index (χ4v) is 8.67. The Morgan fingerprint density at radius 1 is 0.939 bits per heavy atom. The van der Waals surface area contributed by atoms with Gasteiger partial charge in [0.25, 0.3) is 0 Å². The Bertz CT molecular complexity index is 713. The molecule has 1 unspecified atom stereocenters. The van der Waals surface area contributed by atoms with Crippen LogP contribution in [0.1, 0.15) is 123 Å². The van der Waals surface area contributed by atoms with Gasteiger partial charge in [-0.3, -0.25) is 9.59 Å². The average molecular weight is 457 g/mol. The standard InChI is InChI=1S/C30H48O3/c1-4-5-6-7-8-9-10-11-12-28(32)33-27-16-15-25-24-14-13-22-21-23(31)17-19-29(22,2)26(24)18-20-30(25,27)3/h4,22,24-27H,1,5-21H2,2-3H3/t22?,24-,25-,26-,27-,29-,30-/m0/s1. The molecule has 0 heterocycles. The molecule has 0 spiro atoms. The first kappa shape index (κ1) is 25.0. The molecule has 0 aromatic carbocycles. The van der Waals surface area contributed by atoms with Gasteiger partial charge >= 0.3 is 5.97 Å². The van der Waals surface area contributed by atoms with Crippen LogP contribution in [0.25, 0.3) is 0 Å². The average Bonchev–Trinajstić information content (AvgIpc) is 3.12. The second-order valence-electron chi connectivity index (χ2n) is 12.4. The van der Waals surface area contributed by atoms with Crippen LogP contribution in [0.5, 0.6) is 0 Å². The van der Waals surface area contributed by atoms with E-state index in [0.717, 1.165) is 56.8 Å². The van der Waals surface area contributed by atoms with Crippen molar-refractivity contribution in [3.8, 4) is 0 Å². The number of carbonyl (C=O) groups excluding carboxylic acids is 2. The van der Waals surface area contributed by atoms with Crippen molar-refractivity contribution in [1.82, 2.24) is 0 Å². The molecule has 33 heavy (non-hydrogen) atoms. The number of ketones is 1. The van der Waals surface area contributed by atoms with Crippen LogP contribution in [0.2, 0.25) is 0 Å². The first-order valence-corrected chi connectivity index (χ1v) is 14.2. The summed E-state index contributed by atoms with van der Waals surface area (Å²) in [6.07, 6.45) is 20.9. The summed E-state index contributed by atoms with van der Waals surface area (Å²) in [4.78, 5) is 24.8. The molecule has 4 aliphatic carbocycles. The molecule has 4 fully saturated rings. The van der Waals surface area contributed by atoms with E-state index in [1.54, 1.807) is 0 Å². The minimum atomic E-state index is 0.0390. The Kier molecular flexibility index (Phi) is 8.06. The number of unbranched alkanes of at least 4 members (excludes halogenated alkanes) is 6. The highest BCUT2D eigenvalue weighted by Gasteiger charge is 2.61. The van der Waals surface area contributed by atoms with E-state index in [1.807, 2.05) is 6.08 Å². The van der Waals surface area contributed by atoms with E-state index in [1.165, 1.54) is 57.8 Å². The third-order valence-electron chi connectivity index (χ3n) is 10.7. The summed E-state index contributed by atoms with van der Waals surface area (Å²) in [5.74, 6) is 3.38. The van der Waals surface area contributed by atoms with Crippen LogP contribution >= 0.6 is 0 Å². The van der Waals surface area contributed by atoms with Gasteiger partial charge in [0, 0.05) is 24.7 Å². The van der Waals surface area contributed by atoms with Crippen molar-refractivity contribution in [2.75, 3.05) is 0 Å². The fraction of sp³-hybridized carbons (Fsp3) is 0.867. The Morgan fingerprint density at radius 3 is 2.45 bits per heavy atom. The number of rotatable bonds is 10. The second-order valence-corrected chi connectivity index (χ2v) is 12.4. The van der Waals surface area contributed by atoms with Crippen LogP contribution < -0.4 is 0 Å². The largest absolute Gasteiger partial charge is 0.462 e. The summed E-state index contributed by atoms with van der Waals surface area (Å²) in [5, 5.41) is 0. The van der Waals surface area contributed by atoms with Gasteiger partial charge < -0.3 is 4.74 Å². The Labute approximate surface area is 202 Å². The number of carbonyl (C=O) groups is 2. The van der Waals surface area contributed by atoms with Crippen LogP contribution in [0.15, 0.2) is 12.7 Å². The van der Waals surface area contributed by atoms with Crippen molar-refractivity contribution in [2.24, 2.45) is 34.5 Å². The zero-order valence-corrected chi connectivity index (χ0v) is 21.4. The first-order chi connectivity index (χ1) is 15.9. The molecule has 3 heteroatoms. The van der Waals surface area contributed by atoms with Crippen molar-refractivity contribution in [2.45, 2.75) is 129 Å². The number of allylic oxidation sites excluding steroid dienone is 1. The van der Waals surface area contributed by atoms with Gasteiger partial charge in [0.15, 0.2) is 0 Å². The summed E-state index contributed by atoms with van der Waals surface area (Å²) >= 11 is 0. The van der Waals surface area contributed by atoms with Gasteiger partial charge in [-0.05, 0) is 93.3 Å². The number of esters is 1. The van der Waals surface area contributed by atoms with Crippen LogP contribution in [0.4, 0.5) is 0 Å². The SMILES string of the molecule is C=CCCCCCCCCC(=O)O[C@H]1CC[C@H]2[C@@H]3CCC4CC(=O)CC[C@]4(C)[C@H]3CC[C@]12C. The fourth-order valence-electron chi connectivity index (χ4n) is 8.67. The lowest BCUT2D eigenvalue weighted by Gasteiger charge is -2.60. The Balaban J connectivity index is 1.26. The van der Waals surface area contributed by atoms with Crippen LogP contribution in [-0.4, -0.2) is 17.9 Å². The molecule has 0 aromatic heterocycles. The van der Waals surface area contributed by atoms with Crippen molar-refractivity contribution in [3.05, 3.63) is 12.7 Å². The lowest BCUT2D eigenvalue weighted by atomic mass is 9.45. The van der Waals surface area contributed by atoms with E-state index >= 15 is 0 Å². The van der Waals surface area contributed by atoms with Crippen molar-refractivity contribution in [3.63, 3.8) is 0 Å². The van der Waals surface area contributed by atoms with Gasteiger partial charge in [0.1, 0.15) is 11.9 Å². The number of ether oxygens (including phenoxy) is 1. The number of fused-ring (bicyclic) bond motifs is 5. The van der Waals surface area contributed by atoms with Crippen LogP contribution in [0, 0.1) is 34.5 Å². The molecule has 0 saturated heterocycles. The van der Waals surface area contributed by atoms with E-state index in [0.29, 0.717) is 29.5 Å². The van der Waals surface area contributed by atoms with Crippen molar-refractivity contribution in [1.29, 1.82) is 0 Å². The van der Waals surface area contributed by atoms with Gasteiger partial charge in [0.2, 0.25) is 0 Å². The topological polar surface area (TPSA) is 43.4 Å². The quantitative estimate of drug-likeness (QED) is 0.191. The Morgan fingerprint density at radius 2 is 1.67 bits per heavy atom. The minimum Gasteiger partial charge on any atom is -0.462 e. The van der Waals surface area contributed by atoms with E-state index in [4.69, 9.17) is 4.74 Å². The highest BCUT2D eigenvalue weighted by Crippen LogP contribution is 2.66. The maximum absolute atomic E-state index is 12.7. The number of hydrogen-bond acceptors (Lipinski definition) is 3. The molecular weight excluding hydrogens is 408 g/mol. The predicted octanol–water partition coefficient (Wildman–Crippen LogP) is 7.82. The molecule has 0 aliphatic heterocycles. The maximum atomic E-state index is 12.7. The third-order valence-corrected chi connectivity index (χ3v) is 10.7. The summed E-state index contributed by atoms with van der Waals surface area (Å²) in [5.41, 5.74) is 0.522. The summed E-state index contributed by atoms with van der Waals surface area (Å²) in [7, 11) is 0. The predicted molar refractivity (Wildman–Crippen MR) is 134 cm³/mol. The minimum absolute atomic E-state index is 0.0390. The molecule has 7 atom stereocenters.